The van der Waals surface area contributed by atoms with E-state index in [9.17, 15) is 19.7 Å². The van der Waals surface area contributed by atoms with Gasteiger partial charge in [0.25, 0.3) is 5.69 Å². The average Bonchev–Trinajstić information content (AvgIpc) is 2.67. The lowest BCUT2D eigenvalue weighted by Gasteiger charge is -2.07. The first kappa shape index (κ1) is 20.4. The first-order valence-corrected chi connectivity index (χ1v) is 9.38. The molecule has 0 aliphatic rings. The number of thioether (sulfide) groups is 1. The number of hydrogen-bond acceptors (Lipinski definition) is 7. The molecule has 0 spiro atoms. The van der Waals surface area contributed by atoms with Crippen molar-refractivity contribution in [2.45, 2.75) is 13.5 Å². The van der Waals surface area contributed by atoms with Gasteiger partial charge in [-0.3, -0.25) is 19.7 Å². The highest BCUT2D eigenvalue weighted by atomic mass is 32.2. The summed E-state index contributed by atoms with van der Waals surface area (Å²) >= 11 is 1.22. The van der Waals surface area contributed by atoms with E-state index >= 15 is 0 Å². The molecule has 0 radical (unpaired) electrons. The van der Waals surface area contributed by atoms with Gasteiger partial charge >= 0.3 is 5.97 Å². The molecule has 27 heavy (non-hydrogen) atoms. The molecule has 0 bridgehead atoms. The molecule has 0 aromatic heterocycles. The quantitative estimate of drug-likeness (QED) is 0.265. The second-order valence-corrected chi connectivity index (χ2v) is 6.44. The Morgan fingerprint density at radius 3 is 2.30 bits per heavy atom. The predicted molar refractivity (Wildman–Crippen MR) is 102 cm³/mol. The molecule has 2 rings (SSSR count). The highest BCUT2D eigenvalue weighted by Gasteiger charge is 2.09. The molecular formula is C19H19NO6S. The summed E-state index contributed by atoms with van der Waals surface area (Å²) in [4.78, 5) is 33.5. The second-order valence-electron chi connectivity index (χ2n) is 5.46. The van der Waals surface area contributed by atoms with Crippen LogP contribution in [0.2, 0.25) is 0 Å². The largest absolute Gasteiger partial charge is 0.489 e. The van der Waals surface area contributed by atoms with Gasteiger partial charge in [-0.1, -0.05) is 0 Å². The molecule has 0 N–H and O–H groups in total. The maximum absolute atomic E-state index is 12.1. The lowest BCUT2D eigenvalue weighted by atomic mass is 10.1. The van der Waals surface area contributed by atoms with Crippen LogP contribution in [0.4, 0.5) is 5.69 Å². The van der Waals surface area contributed by atoms with Crippen molar-refractivity contribution in [3.8, 4) is 5.75 Å². The number of ketones is 1. The Hall–Kier alpha value is -2.87. The van der Waals surface area contributed by atoms with E-state index in [1.165, 1.54) is 23.9 Å². The summed E-state index contributed by atoms with van der Waals surface area (Å²) in [6.07, 6.45) is 0. The minimum atomic E-state index is -0.453. The summed E-state index contributed by atoms with van der Waals surface area (Å²) in [5.41, 5.74) is 1.37. The standard InChI is InChI=1S/C19H19NO6S/c1-2-25-19(22)13-27-12-18(21)15-5-9-17(10-6-15)26-11-14-3-7-16(8-4-14)20(23)24/h3-10H,2,11-13H2,1H3. The van der Waals surface area contributed by atoms with E-state index in [0.29, 0.717) is 17.9 Å². The minimum Gasteiger partial charge on any atom is -0.489 e. The predicted octanol–water partition coefficient (Wildman–Crippen LogP) is 3.65. The molecule has 0 unspecified atom stereocenters. The van der Waals surface area contributed by atoms with Gasteiger partial charge < -0.3 is 9.47 Å². The number of nitrogens with zero attached hydrogens (tertiary/aromatic N) is 1. The van der Waals surface area contributed by atoms with Crippen LogP contribution in [0.25, 0.3) is 0 Å². The van der Waals surface area contributed by atoms with Gasteiger partial charge in [0, 0.05) is 17.7 Å². The fourth-order valence-electron chi connectivity index (χ4n) is 2.13. The first-order valence-electron chi connectivity index (χ1n) is 8.22. The lowest BCUT2D eigenvalue weighted by Crippen LogP contribution is -2.10. The number of rotatable bonds is 10. The maximum Gasteiger partial charge on any atom is 0.315 e. The summed E-state index contributed by atoms with van der Waals surface area (Å²) in [5, 5.41) is 10.6. The van der Waals surface area contributed by atoms with Gasteiger partial charge in [-0.05, 0) is 48.9 Å². The van der Waals surface area contributed by atoms with Gasteiger partial charge in [-0.2, -0.15) is 0 Å². The number of ether oxygens (including phenoxy) is 2. The molecule has 0 fully saturated rings. The average molecular weight is 389 g/mol. The summed E-state index contributed by atoms with van der Waals surface area (Å²) in [6, 6.07) is 12.8. The number of hydrogen-bond donors (Lipinski definition) is 0. The number of benzene rings is 2. The summed E-state index contributed by atoms with van der Waals surface area (Å²) in [7, 11) is 0. The van der Waals surface area contributed by atoms with Crippen LogP contribution in [0.15, 0.2) is 48.5 Å². The maximum atomic E-state index is 12.1. The number of nitro groups is 1. The topological polar surface area (TPSA) is 95.7 Å². The van der Waals surface area contributed by atoms with Crippen molar-refractivity contribution < 1.29 is 24.0 Å². The zero-order valence-corrected chi connectivity index (χ0v) is 15.6. The zero-order valence-electron chi connectivity index (χ0n) is 14.8. The third kappa shape index (κ3) is 6.74. The Bertz CT molecular complexity index is 789. The molecule has 0 saturated carbocycles. The van der Waals surface area contributed by atoms with Crippen LogP contribution in [0.3, 0.4) is 0 Å². The van der Waals surface area contributed by atoms with E-state index in [-0.39, 0.29) is 35.6 Å². The number of non-ortho nitro benzene ring substituents is 1. The van der Waals surface area contributed by atoms with Crippen LogP contribution < -0.4 is 4.74 Å². The van der Waals surface area contributed by atoms with Crippen molar-refractivity contribution in [1.82, 2.24) is 0 Å². The molecule has 8 heteroatoms. The molecule has 0 amide bonds. The summed E-state index contributed by atoms with van der Waals surface area (Å²) < 4.78 is 10.4. The molecule has 0 heterocycles. The van der Waals surface area contributed by atoms with Crippen LogP contribution in [-0.2, 0) is 16.1 Å². The zero-order chi connectivity index (χ0) is 19.6. The van der Waals surface area contributed by atoms with Crippen molar-refractivity contribution in [2.24, 2.45) is 0 Å². The Labute approximate surface area is 160 Å². The third-order valence-electron chi connectivity index (χ3n) is 3.49. The monoisotopic (exact) mass is 389 g/mol. The van der Waals surface area contributed by atoms with E-state index < -0.39 is 4.92 Å². The summed E-state index contributed by atoms with van der Waals surface area (Å²) in [5.74, 6) is 0.526. The van der Waals surface area contributed by atoms with Crippen molar-refractivity contribution in [2.75, 3.05) is 18.1 Å². The number of carbonyl (C=O) groups excluding carboxylic acids is 2. The van der Waals surface area contributed by atoms with E-state index in [2.05, 4.69) is 0 Å². The summed E-state index contributed by atoms with van der Waals surface area (Å²) in [6.45, 7) is 2.33. The molecular weight excluding hydrogens is 370 g/mol. The van der Waals surface area contributed by atoms with E-state index in [4.69, 9.17) is 9.47 Å². The molecule has 2 aromatic carbocycles. The van der Waals surface area contributed by atoms with Gasteiger partial charge in [0.15, 0.2) is 5.78 Å². The SMILES string of the molecule is CCOC(=O)CSCC(=O)c1ccc(OCc2ccc([N+](=O)[O-])cc2)cc1. The van der Waals surface area contributed by atoms with E-state index in [1.807, 2.05) is 0 Å². The number of esters is 1. The third-order valence-corrected chi connectivity index (χ3v) is 4.39. The number of carbonyl (C=O) groups is 2. The van der Waals surface area contributed by atoms with Crippen LogP contribution in [0, 0.1) is 10.1 Å². The van der Waals surface area contributed by atoms with E-state index in [1.54, 1.807) is 43.3 Å². The van der Waals surface area contributed by atoms with Gasteiger partial charge in [-0.15, -0.1) is 11.8 Å². The molecule has 0 saturated heterocycles. The van der Waals surface area contributed by atoms with Crippen LogP contribution in [-0.4, -0.2) is 34.8 Å². The fourth-order valence-corrected chi connectivity index (χ4v) is 2.83. The van der Waals surface area contributed by atoms with Gasteiger partial charge in [-0.25, -0.2) is 0 Å². The highest BCUT2D eigenvalue weighted by molar-refractivity contribution is 8.00. The number of Topliss-reactive ketones (excluding diaryl/α,β-unsaturated/α-hetero) is 1. The van der Waals surface area contributed by atoms with Crippen molar-refractivity contribution in [3.05, 3.63) is 69.8 Å². The normalized spacial score (nSPS) is 10.3. The Morgan fingerprint density at radius 1 is 1.04 bits per heavy atom. The van der Waals surface area contributed by atoms with Crippen LogP contribution in [0.5, 0.6) is 5.75 Å². The van der Waals surface area contributed by atoms with Crippen molar-refractivity contribution in [1.29, 1.82) is 0 Å². The van der Waals surface area contributed by atoms with Gasteiger partial charge in [0.1, 0.15) is 12.4 Å². The minimum absolute atomic E-state index is 0.0300. The molecule has 0 aliphatic carbocycles. The lowest BCUT2D eigenvalue weighted by molar-refractivity contribution is -0.384. The van der Waals surface area contributed by atoms with Crippen molar-refractivity contribution in [3.63, 3.8) is 0 Å². The van der Waals surface area contributed by atoms with Gasteiger partial charge in [0.2, 0.25) is 0 Å². The van der Waals surface area contributed by atoms with E-state index in [0.717, 1.165) is 5.56 Å². The first-order chi connectivity index (χ1) is 13.0. The van der Waals surface area contributed by atoms with Crippen LogP contribution >= 0.6 is 11.8 Å². The smallest absolute Gasteiger partial charge is 0.315 e. The molecule has 142 valence electrons. The van der Waals surface area contributed by atoms with Gasteiger partial charge in [0.05, 0.1) is 23.0 Å². The van der Waals surface area contributed by atoms with Crippen molar-refractivity contribution >= 4 is 29.2 Å². The molecule has 7 nitrogen and oxygen atoms in total. The molecule has 0 atom stereocenters. The Balaban J connectivity index is 1.81. The Morgan fingerprint density at radius 2 is 1.70 bits per heavy atom. The molecule has 0 aliphatic heterocycles. The number of nitro benzene ring substituents is 1. The Kier molecular flexibility index (Phi) is 7.81. The second kappa shape index (κ2) is 10.3. The van der Waals surface area contributed by atoms with Crippen LogP contribution in [0.1, 0.15) is 22.8 Å². The fraction of sp³-hybridized carbons (Fsp3) is 0.263. The highest BCUT2D eigenvalue weighted by Crippen LogP contribution is 2.17. The molecule has 2 aromatic rings.